The molecular formula is C21H26FN5O4S. The first-order chi connectivity index (χ1) is 15.0. The van der Waals surface area contributed by atoms with E-state index in [1.807, 2.05) is 0 Å². The molecule has 1 saturated carbocycles. The molecule has 4 rings (SSSR count). The monoisotopic (exact) mass is 463 g/mol. The number of anilines is 1. The van der Waals surface area contributed by atoms with Gasteiger partial charge in [-0.3, -0.25) is 9.36 Å². The van der Waals surface area contributed by atoms with E-state index in [1.54, 1.807) is 6.92 Å². The molecule has 11 heteroatoms. The molecule has 2 aliphatic rings. The molecule has 2 fully saturated rings. The number of fused-ring (bicyclic) bond motifs is 1. The lowest BCUT2D eigenvalue weighted by Gasteiger charge is -2.31. The maximum atomic E-state index is 14.5. The maximum Gasteiger partial charge on any atom is 0.287 e. The van der Waals surface area contributed by atoms with Crippen LogP contribution in [0.3, 0.4) is 0 Å². The normalized spacial score (nSPS) is 25.2. The highest BCUT2D eigenvalue weighted by Gasteiger charge is 2.40. The standard InChI is InChI=1S/C21H26FN5O4S/c1-21(29)7-3-4-17(21)27-18-13(10-16(22)20(27)28)12-24-19(15(18)11-23)25-14-5-8-26(9-6-14)32(2,30)31/h10,12,14,17,29H,3-9H2,1-2H3,(H,24,25)/t17-,21-/m1/s1. The van der Waals surface area contributed by atoms with Crippen molar-refractivity contribution in [2.75, 3.05) is 24.7 Å². The second-order valence-electron chi connectivity index (χ2n) is 8.91. The number of piperidine rings is 1. The highest BCUT2D eigenvalue weighted by Crippen LogP contribution is 2.40. The zero-order valence-electron chi connectivity index (χ0n) is 18.0. The van der Waals surface area contributed by atoms with E-state index in [1.165, 1.54) is 21.3 Å². The number of sulfonamides is 1. The topological polar surface area (TPSA) is 128 Å². The van der Waals surface area contributed by atoms with Gasteiger partial charge < -0.3 is 10.4 Å². The van der Waals surface area contributed by atoms with Gasteiger partial charge >= 0.3 is 0 Å². The fourth-order valence-electron chi connectivity index (χ4n) is 4.87. The third kappa shape index (κ3) is 3.98. The Balaban J connectivity index is 1.77. The van der Waals surface area contributed by atoms with Gasteiger partial charge in [-0.05, 0) is 45.1 Å². The van der Waals surface area contributed by atoms with Gasteiger partial charge in [-0.15, -0.1) is 0 Å². The van der Waals surface area contributed by atoms with Crippen LogP contribution in [-0.4, -0.2) is 58.4 Å². The van der Waals surface area contributed by atoms with Crippen LogP contribution in [0.15, 0.2) is 17.1 Å². The minimum atomic E-state index is -3.26. The minimum absolute atomic E-state index is 0.104. The van der Waals surface area contributed by atoms with Crippen LogP contribution in [0.1, 0.15) is 50.6 Å². The molecule has 3 heterocycles. The number of nitrogens with zero attached hydrogens (tertiary/aromatic N) is 4. The van der Waals surface area contributed by atoms with Crippen molar-refractivity contribution >= 4 is 26.7 Å². The number of pyridine rings is 2. The zero-order valence-corrected chi connectivity index (χ0v) is 18.8. The number of aliphatic hydroxyl groups is 1. The van der Waals surface area contributed by atoms with E-state index in [0.29, 0.717) is 50.6 Å². The number of hydrogen-bond acceptors (Lipinski definition) is 7. The fraction of sp³-hybridized carbons (Fsp3) is 0.571. The Morgan fingerprint density at radius 3 is 2.59 bits per heavy atom. The van der Waals surface area contributed by atoms with Gasteiger partial charge in [0.25, 0.3) is 5.56 Å². The first-order valence-corrected chi connectivity index (χ1v) is 12.5. The second kappa shape index (κ2) is 8.10. The van der Waals surface area contributed by atoms with Crippen molar-refractivity contribution in [3.8, 4) is 6.07 Å². The molecular weight excluding hydrogens is 437 g/mol. The van der Waals surface area contributed by atoms with Crippen molar-refractivity contribution < 1.29 is 17.9 Å². The predicted molar refractivity (Wildman–Crippen MR) is 117 cm³/mol. The Bertz CT molecular complexity index is 1260. The molecule has 0 aromatic carbocycles. The smallest absolute Gasteiger partial charge is 0.287 e. The SMILES string of the molecule is C[C@@]1(O)CCC[C@H]1n1c(=O)c(F)cc2cnc(NC3CCN(S(C)(=O)=O)CC3)c(C#N)c21. The van der Waals surface area contributed by atoms with E-state index in [0.717, 1.165) is 6.07 Å². The molecule has 2 atom stereocenters. The number of aromatic nitrogens is 2. The number of halogens is 1. The summed E-state index contributed by atoms with van der Waals surface area (Å²) in [5.74, 6) is -0.699. The van der Waals surface area contributed by atoms with Gasteiger partial charge in [-0.25, -0.2) is 22.1 Å². The predicted octanol–water partition coefficient (Wildman–Crippen LogP) is 1.72. The third-order valence-corrected chi connectivity index (χ3v) is 7.89. The number of nitriles is 1. The first-order valence-electron chi connectivity index (χ1n) is 10.6. The van der Waals surface area contributed by atoms with Crippen molar-refractivity contribution in [1.29, 1.82) is 5.26 Å². The molecule has 0 radical (unpaired) electrons. The van der Waals surface area contributed by atoms with Crippen molar-refractivity contribution in [2.24, 2.45) is 0 Å². The van der Waals surface area contributed by atoms with Crippen LogP contribution in [0.4, 0.5) is 10.2 Å². The molecule has 0 unspecified atom stereocenters. The van der Waals surface area contributed by atoms with E-state index in [9.17, 15) is 28.0 Å². The molecule has 2 aromatic rings. The Labute approximate surface area is 185 Å². The molecule has 1 aliphatic heterocycles. The number of rotatable bonds is 4. The van der Waals surface area contributed by atoms with Gasteiger partial charge in [0.05, 0.1) is 23.4 Å². The summed E-state index contributed by atoms with van der Waals surface area (Å²) in [6, 6.07) is 2.40. The van der Waals surface area contributed by atoms with Crippen LogP contribution in [0, 0.1) is 17.1 Å². The number of hydrogen-bond donors (Lipinski definition) is 2. The van der Waals surface area contributed by atoms with E-state index in [2.05, 4.69) is 16.4 Å². The van der Waals surface area contributed by atoms with Crippen LogP contribution in [-0.2, 0) is 10.0 Å². The molecule has 32 heavy (non-hydrogen) atoms. The van der Waals surface area contributed by atoms with Crippen LogP contribution >= 0.6 is 0 Å². The number of nitrogens with one attached hydrogen (secondary N) is 1. The Morgan fingerprint density at radius 2 is 2.03 bits per heavy atom. The van der Waals surface area contributed by atoms with Crippen molar-refractivity contribution in [3.63, 3.8) is 0 Å². The molecule has 2 aromatic heterocycles. The Morgan fingerprint density at radius 1 is 1.34 bits per heavy atom. The second-order valence-corrected chi connectivity index (χ2v) is 10.9. The molecule has 0 bridgehead atoms. The summed E-state index contributed by atoms with van der Waals surface area (Å²) >= 11 is 0. The summed E-state index contributed by atoms with van der Waals surface area (Å²) in [4.78, 5) is 17.1. The highest BCUT2D eigenvalue weighted by atomic mass is 32.2. The van der Waals surface area contributed by atoms with E-state index < -0.39 is 33.0 Å². The molecule has 1 aliphatic carbocycles. The molecule has 2 N–H and O–H groups in total. The summed E-state index contributed by atoms with van der Waals surface area (Å²) in [5.41, 5.74) is -1.73. The zero-order chi connectivity index (χ0) is 23.3. The van der Waals surface area contributed by atoms with Crippen molar-refractivity contribution in [2.45, 2.75) is 56.7 Å². The Hall–Kier alpha value is -2.55. The molecule has 0 amide bonds. The first kappa shape index (κ1) is 22.6. The van der Waals surface area contributed by atoms with Gasteiger partial charge in [0.1, 0.15) is 17.5 Å². The molecule has 9 nitrogen and oxygen atoms in total. The summed E-state index contributed by atoms with van der Waals surface area (Å²) in [6.07, 6.45) is 5.29. The molecule has 1 saturated heterocycles. The van der Waals surface area contributed by atoms with E-state index in [4.69, 9.17) is 0 Å². The average Bonchev–Trinajstić information content (AvgIpc) is 3.07. The summed E-state index contributed by atoms with van der Waals surface area (Å²) in [7, 11) is -3.26. The molecule has 172 valence electrons. The van der Waals surface area contributed by atoms with E-state index >= 15 is 0 Å². The largest absolute Gasteiger partial charge is 0.388 e. The van der Waals surface area contributed by atoms with Gasteiger partial charge in [0.15, 0.2) is 5.82 Å². The Kier molecular flexibility index (Phi) is 5.73. The van der Waals surface area contributed by atoms with Gasteiger partial charge in [-0.1, -0.05) is 0 Å². The lowest BCUT2D eigenvalue weighted by Crippen LogP contribution is -2.42. The van der Waals surface area contributed by atoms with Crippen LogP contribution in [0.2, 0.25) is 0 Å². The fourth-order valence-corrected chi connectivity index (χ4v) is 5.75. The summed E-state index contributed by atoms with van der Waals surface area (Å²) in [6.45, 7) is 2.33. The van der Waals surface area contributed by atoms with Gasteiger partial charge in [0, 0.05) is 30.7 Å². The molecule has 0 spiro atoms. The van der Waals surface area contributed by atoms with Crippen LogP contribution in [0.5, 0.6) is 0 Å². The average molecular weight is 464 g/mol. The van der Waals surface area contributed by atoms with Crippen LogP contribution in [0.25, 0.3) is 10.9 Å². The van der Waals surface area contributed by atoms with E-state index in [-0.39, 0.29) is 22.9 Å². The lowest BCUT2D eigenvalue weighted by molar-refractivity contribution is 0.0265. The highest BCUT2D eigenvalue weighted by molar-refractivity contribution is 7.88. The van der Waals surface area contributed by atoms with Crippen LogP contribution < -0.4 is 10.9 Å². The maximum absolute atomic E-state index is 14.5. The quantitative estimate of drug-likeness (QED) is 0.706. The summed E-state index contributed by atoms with van der Waals surface area (Å²) in [5, 5.41) is 24.3. The third-order valence-electron chi connectivity index (χ3n) is 6.59. The minimum Gasteiger partial charge on any atom is -0.388 e. The lowest BCUT2D eigenvalue weighted by atomic mass is 9.99. The summed E-state index contributed by atoms with van der Waals surface area (Å²) < 4.78 is 40.6. The van der Waals surface area contributed by atoms with Gasteiger partial charge in [0.2, 0.25) is 10.0 Å². The van der Waals surface area contributed by atoms with Crippen molar-refractivity contribution in [1.82, 2.24) is 13.9 Å². The van der Waals surface area contributed by atoms with Crippen molar-refractivity contribution in [3.05, 3.63) is 34.0 Å². The van der Waals surface area contributed by atoms with Gasteiger partial charge in [-0.2, -0.15) is 5.26 Å².